The van der Waals surface area contributed by atoms with Crippen LogP contribution in [0.5, 0.6) is 0 Å². The van der Waals surface area contributed by atoms with Crippen LogP contribution in [-0.2, 0) is 25.2 Å². The summed E-state index contributed by atoms with van der Waals surface area (Å²) in [6.45, 7) is 4.99. The molecular formula is C19H20F3NO4. The summed E-state index contributed by atoms with van der Waals surface area (Å²) in [5.41, 5.74) is -0.230. The van der Waals surface area contributed by atoms with E-state index in [0.717, 1.165) is 12.1 Å². The summed E-state index contributed by atoms with van der Waals surface area (Å²) in [4.78, 5) is 24.8. The van der Waals surface area contributed by atoms with Gasteiger partial charge in [-0.1, -0.05) is 18.2 Å². The molecule has 0 radical (unpaired) electrons. The van der Waals surface area contributed by atoms with Gasteiger partial charge in [0.25, 0.3) is 0 Å². The Morgan fingerprint density at radius 1 is 1.11 bits per heavy atom. The van der Waals surface area contributed by atoms with Gasteiger partial charge >= 0.3 is 18.1 Å². The Hall–Kier alpha value is -2.77. The molecule has 0 aromatic heterocycles. The van der Waals surface area contributed by atoms with Crippen LogP contribution in [0.3, 0.4) is 0 Å². The summed E-state index contributed by atoms with van der Waals surface area (Å²) < 4.78 is 49.5. The molecule has 1 aliphatic heterocycles. The van der Waals surface area contributed by atoms with Crippen LogP contribution in [-0.4, -0.2) is 25.2 Å². The van der Waals surface area contributed by atoms with Gasteiger partial charge in [-0.15, -0.1) is 0 Å². The molecule has 0 bridgehead atoms. The van der Waals surface area contributed by atoms with Crippen LogP contribution in [0.2, 0.25) is 0 Å². The van der Waals surface area contributed by atoms with Crippen LogP contribution in [0, 0.1) is 0 Å². The van der Waals surface area contributed by atoms with Crippen molar-refractivity contribution in [3.8, 4) is 0 Å². The molecule has 1 atom stereocenters. The lowest BCUT2D eigenvalue weighted by atomic mass is 9.81. The van der Waals surface area contributed by atoms with E-state index in [0.29, 0.717) is 5.70 Å². The fourth-order valence-electron chi connectivity index (χ4n) is 2.83. The lowest BCUT2D eigenvalue weighted by molar-refractivity contribution is -0.139. The van der Waals surface area contributed by atoms with Gasteiger partial charge in [-0.2, -0.15) is 13.2 Å². The minimum atomic E-state index is -4.56. The summed E-state index contributed by atoms with van der Waals surface area (Å²) in [5.74, 6) is -2.46. The third kappa shape index (κ3) is 4.50. The zero-order valence-electron chi connectivity index (χ0n) is 15.1. The van der Waals surface area contributed by atoms with E-state index in [2.05, 4.69) is 5.32 Å². The maximum absolute atomic E-state index is 13.1. The highest BCUT2D eigenvalue weighted by Gasteiger charge is 2.37. The number of ether oxygens (including phenoxy) is 2. The molecule has 0 spiro atoms. The number of hydrogen-bond donors (Lipinski definition) is 1. The van der Waals surface area contributed by atoms with Gasteiger partial charge in [0, 0.05) is 11.9 Å². The van der Waals surface area contributed by atoms with Crippen molar-refractivity contribution in [1.82, 2.24) is 5.32 Å². The predicted molar refractivity (Wildman–Crippen MR) is 91.4 cm³/mol. The molecule has 0 fully saturated rings. The number of rotatable bonds is 5. The topological polar surface area (TPSA) is 64.6 Å². The first-order valence-corrected chi connectivity index (χ1v) is 8.39. The number of allylic oxidation sites excluding steroid dienone is 1. The normalized spacial score (nSPS) is 17.1. The Bertz CT molecular complexity index is 796. The van der Waals surface area contributed by atoms with Crippen LogP contribution < -0.4 is 5.32 Å². The van der Waals surface area contributed by atoms with Crippen LogP contribution in [0.1, 0.15) is 37.8 Å². The second-order valence-corrected chi connectivity index (χ2v) is 5.78. The van der Waals surface area contributed by atoms with E-state index >= 15 is 0 Å². The molecule has 146 valence electrons. The third-order valence-electron chi connectivity index (χ3n) is 4.00. The largest absolute Gasteiger partial charge is 0.463 e. The Balaban J connectivity index is 2.61. The average molecular weight is 383 g/mol. The number of dihydropyridines is 1. The second kappa shape index (κ2) is 8.28. The first kappa shape index (κ1) is 20.5. The van der Waals surface area contributed by atoms with Gasteiger partial charge in [-0.05, 0) is 32.4 Å². The van der Waals surface area contributed by atoms with E-state index in [-0.39, 0.29) is 29.9 Å². The number of carbonyl (C=O) groups excluding carboxylic acids is 2. The molecule has 5 nitrogen and oxygen atoms in total. The first-order valence-electron chi connectivity index (χ1n) is 8.39. The van der Waals surface area contributed by atoms with Gasteiger partial charge < -0.3 is 14.8 Å². The van der Waals surface area contributed by atoms with E-state index < -0.39 is 29.6 Å². The van der Waals surface area contributed by atoms with Crippen molar-refractivity contribution < 1.29 is 32.2 Å². The SMILES string of the molecule is CCOC(=O)C1=CNC(C)=C(C(=O)OCC)C1c1cccc(C(F)(F)F)c1. The summed E-state index contributed by atoms with van der Waals surface area (Å²) in [6, 6.07) is 4.53. The van der Waals surface area contributed by atoms with Crippen molar-refractivity contribution >= 4 is 11.9 Å². The molecule has 1 aliphatic rings. The Kier molecular flexibility index (Phi) is 6.30. The molecule has 1 N–H and O–H groups in total. The van der Waals surface area contributed by atoms with Gasteiger partial charge in [-0.25, -0.2) is 9.59 Å². The molecule has 1 aromatic carbocycles. The molecule has 1 unspecified atom stereocenters. The van der Waals surface area contributed by atoms with Gasteiger partial charge in [0.1, 0.15) is 0 Å². The van der Waals surface area contributed by atoms with Crippen LogP contribution in [0.25, 0.3) is 0 Å². The molecule has 1 heterocycles. The van der Waals surface area contributed by atoms with Gasteiger partial charge in [0.2, 0.25) is 0 Å². The van der Waals surface area contributed by atoms with Gasteiger partial charge in [-0.3, -0.25) is 0 Å². The number of alkyl halides is 3. The number of carbonyl (C=O) groups is 2. The van der Waals surface area contributed by atoms with E-state index in [1.807, 2.05) is 0 Å². The number of halogens is 3. The van der Waals surface area contributed by atoms with Gasteiger partial charge in [0.15, 0.2) is 0 Å². The Morgan fingerprint density at radius 3 is 2.33 bits per heavy atom. The Labute approximate surface area is 154 Å². The first-order chi connectivity index (χ1) is 12.7. The quantitative estimate of drug-likeness (QED) is 0.786. The Morgan fingerprint density at radius 2 is 1.74 bits per heavy atom. The highest BCUT2D eigenvalue weighted by Crippen LogP contribution is 2.39. The van der Waals surface area contributed by atoms with Gasteiger partial charge in [0.05, 0.1) is 35.8 Å². The molecule has 2 rings (SSSR count). The van der Waals surface area contributed by atoms with Crippen LogP contribution in [0.4, 0.5) is 13.2 Å². The third-order valence-corrected chi connectivity index (χ3v) is 4.00. The lowest BCUT2D eigenvalue weighted by Gasteiger charge is -2.28. The number of benzene rings is 1. The average Bonchev–Trinajstić information content (AvgIpc) is 2.61. The van der Waals surface area contributed by atoms with Crippen molar-refractivity contribution in [1.29, 1.82) is 0 Å². The van der Waals surface area contributed by atoms with Crippen LogP contribution in [0.15, 0.2) is 47.3 Å². The van der Waals surface area contributed by atoms with E-state index in [4.69, 9.17) is 9.47 Å². The van der Waals surface area contributed by atoms with Crippen molar-refractivity contribution in [2.45, 2.75) is 32.9 Å². The summed E-state index contributed by atoms with van der Waals surface area (Å²) in [6.07, 6.45) is -3.21. The predicted octanol–water partition coefficient (Wildman–Crippen LogP) is 3.68. The summed E-state index contributed by atoms with van der Waals surface area (Å²) >= 11 is 0. The summed E-state index contributed by atoms with van der Waals surface area (Å²) in [5, 5.41) is 2.80. The molecular weight excluding hydrogens is 363 g/mol. The fraction of sp³-hybridized carbons (Fsp3) is 0.368. The molecule has 1 aromatic rings. The molecule has 0 aliphatic carbocycles. The van der Waals surface area contributed by atoms with Crippen molar-refractivity contribution in [3.63, 3.8) is 0 Å². The molecule has 0 saturated heterocycles. The van der Waals surface area contributed by atoms with E-state index in [9.17, 15) is 22.8 Å². The monoisotopic (exact) mass is 383 g/mol. The smallest absolute Gasteiger partial charge is 0.416 e. The number of hydrogen-bond acceptors (Lipinski definition) is 5. The highest BCUT2D eigenvalue weighted by molar-refractivity contribution is 5.99. The minimum Gasteiger partial charge on any atom is -0.463 e. The van der Waals surface area contributed by atoms with E-state index in [1.54, 1.807) is 20.8 Å². The number of nitrogens with one attached hydrogen (secondary N) is 1. The van der Waals surface area contributed by atoms with Crippen molar-refractivity contribution in [2.24, 2.45) is 0 Å². The fourth-order valence-corrected chi connectivity index (χ4v) is 2.83. The van der Waals surface area contributed by atoms with Crippen LogP contribution >= 0.6 is 0 Å². The molecule has 0 amide bonds. The maximum Gasteiger partial charge on any atom is 0.416 e. The molecule has 8 heteroatoms. The standard InChI is InChI=1S/C19H20F3NO4/c1-4-26-17(24)14-10-23-11(3)15(18(25)27-5-2)16(14)12-7-6-8-13(9-12)19(20,21)22/h6-10,16,23H,4-5H2,1-3H3. The summed E-state index contributed by atoms with van der Waals surface area (Å²) in [7, 11) is 0. The number of esters is 2. The highest BCUT2D eigenvalue weighted by atomic mass is 19.4. The zero-order valence-corrected chi connectivity index (χ0v) is 15.1. The van der Waals surface area contributed by atoms with Crippen molar-refractivity contribution in [3.05, 3.63) is 58.4 Å². The lowest BCUT2D eigenvalue weighted by Crippen LogP contribution is -2.30. The minimum absolute atomic E-state index is 0.0322. The maximum atomic E-state index is 13.1. The molecule has 27 heavy (non-hydrogen) atoms. The van der Waals surface area contributed by atoms with Crippen molar-refractivity contribution in [2.75, 3.05) is 13.2 Å². The molecule has 0 saturated carbocycles. The second-order valence-electron chi connectivity index (χ2n) is 5.78. The zero-order chi connectivity index (χ0) is 20.2. The van der Waals surface area contributed by atoms with E-state index in [1.165, 1.54) is 18.3 Å².